The zero-order valence-corrected chi connectivity index (χ0v) is 13.1. The van der Waals surface area contributed by atoms with Gasteiger partial charge in [0, 0.05) is 17.5 Å². The van der Waals surface area contributed by atoms with E-state index >= 15 is 0 Å². The second-order valence-corrected chi connectivity index (χ2v) is 7.48. The summed E-state index contributed by atoms with van der Waals surface area (Å²) in [5.41, 5.74) is 0.0726. The minimum absolute atomic E-state index is 0.0343. The third-order valence-electron chi connectivity index (χ3n) is 4.24. The van der Waals surface area contributed by atoms with Crippen LogP contribution in [0.4, 0.5) is 13.2 Å². The van der Waals surface area contributed by atoms with Crippen LogP contribution in [0.1, 0.15) is 51.7 Å². The van der Waals surface area contributed by atoms with Crippen LogP contribution in [0, 0.1) is 5.92 Å². The molecule has 0 aromatic heterocycles. The first kappa shape index (κ1) is 16.3. The molecule has 1 aromatic carbocycles. The van der Waals surface area contributed by atoms with Gasteiger partial charge in [-0.05, 0) is 51.2 Å². The molecular formula is C17H24F3N. The van der Waals surface area contributed by atoms with Crippen LogP contribution in [0.15, 0.2) is 24.3 Å². The number of hydrogen-bond acceptors (Lipinski definition) is 1. The molecule has 2 rings (SSSR count). The summed E-state index contributed by atoms with van der Waals surface area (Å²) in [6, 6.07) is 5.85. The van der Waals surface area contributed by atoms with E-state index in [1.165, 1.54) is 12.1 Å². The summed E-state index contributed by atoms with van der Waals surface area (Å²) < 4.78 is 38.7. The molecule has 0 amide bonds. The lowest BCUT2D eigenvalue weighted by Crippen LogP contribution is -2.52. The van der Waals surface area contributed by atoms with Crippen molar-refractivity contribution < 1.29 is 13.2 Å². The number of benzene rings is 1. The highest BCUT2D eigenvalue weighted by Gasteiger charge is 2.44. The second kappa shape index (κ2) is 5.31. The second-order valence-electron chi connectivity index (χ2n) is 7.48. The normalized spacial score (nSPS) is 26.5. The highest BCUT2D eigenvalue weighted by atomic mass is 19.4. The fraction of sp³-hybridized carbons (Fsp3) is 0.647. The topological polar surface area (TPSA) is 12.0 Å². The van der Waals surface area contributed by atoms with Crippen LogP contribution < -0.4 is 5.32 Å². The van der Waals surface area contributed by atoms with Gasteiger partial charge in [-0.25, -0.2) is 0 Å². The summed E-state index contributed by atoms with van der Waals surface area (Å²) in [4.78, 5) is 0. The molecule has 1 N–H and O–H groups in total. The van der Waals surface area contributed by atoms with Crippen LogP contribution in [0.2, 0.25) is 0 Å². The number of alkyl halides is 3. The molecule has 0 saturated heterocycles. The summed E-state index contributed by atoms with van der Waals surface area (Å²) in [6.45, 7) is 9.11. The molecule has 4 heteroatoms. The summed E-state index contributed by atoms with van der Waals surface area (Å²) in [6.07, 6.45) is -2.39. The Labute approximate surface area is 124 Å². The molecule has 0 unspecified atom stereocenters. The van der Waals surface area contributed by atoms with Crippen molar-refractivity contribution in [2.45, 2.75) is 57.7 Å². The van der Waals surface area contributed by atoms with E-state index in [0.717, 1.165) is 31.0 Å². The van der Waals surface area contributed by atoms with Crippen LogP contribution in [0.5, 0.6) is 0 Å². The molecule has 0 bridgehead atoms. The zero-order valence-electron chi connectivity index (χ0n) is 13.1. The lowest BCUT2D eigenvalue weighted by molar-refractivity contribution is -0.137. The van der Waals surface area contributed by atoms with Crippen LogP contribution in [-0.4, -0.2) is 12.1 Å². The molecule has 1 aromatic rings. The van der Waals surface area contributed by atoms with Crippen molar-refractivity contribution in [1.82, 2.24) is 5.32 Å². The SMILES string of the molecule is CC1CC(CNC(C)(C)C)(c2cccc(C(F)(F)F)c2)C1. The van der Waals surface area contributed by atoms with Gasteiger partial charge in [0.1, 0.15) is 0 Å². The van der Waals surface area contributed by atoms with Gasteiger partial charge in [-0.1, -0.05) is 25.1 Å². The molecule has 1 aliphatic carbocycles. The minimum atomic E-state index is -4.27. The van der Waals surface area contributed by atoms with E-state index in [9.17, 15) is 13.2 Å². The highest BCUT2D eigenvalue weighted by Crippen LogP contribution is 2.48. The van der Waals surface area contributed by atoms with Crippen molar-refractivity contribution >= 4 is 0 Å². The summed E-state index contributed by atoms with van der Waals surface area (Å²) >= 11 is 0. The van der Waals surface area contributed by atoms with Gasteiger partial charge in [0.2, 0.25) is 0 Å². The van der Waals surface area contributed by atoms with Gasteiger partial charge in [-0.15, -0.1) is 0 Å². The number of rotatable bonds is 3. The molecule has 0 spiro atoms. The number of hydrogen-bond donors (Lipinski definition) is 1. The first-order valence-electron chi connectivity index (χ1n) is 7.45. The molecule has 0 atom stereocenters. The van der Waals surface area contributed by atoms with Crippen LogP contribution in [0.3, 0.4) is 0 Å². The quantitative estimate of drug-likeness (QED) is 0.848. The predicted molar refractivity (Wildman–Crippen MR) is 79.3 cm³/mol. The lowest BCUT2D eigenvalue weighted by Gasteiger charge is -2.48. The third kappa shape index (κ3) is 3.79. The van der Waals surface area contributed by atoms with E-state index < -0.39 is 11.7 Å². The minimum Gasteiger partial charge on any atom is -0.311 e. The van der Waals surface area contributed by atoms with Crippen molar-refractivity contribution in [3.63, 3.8) is 0 Å². The lowest BCUT2D eigenvalue weighted by atomic mass is 9.59. The van der Waals surface area contributed by atoms with Crippen LogP contribution >= 0.6 is 0 Å². The first-order valence-corrected chi connectivity index (χ1v) is 7.45. The fourth-order valence-corrected chi connectivity index (χ4v) is 3.22. The summed E-state index contributed by atoms with van der Waals surface area (Å²) in [5, 5.41) is 3.46. The molecule has 0 aliphatic heterocycles. The molecular weight excluding hydrogens is 275 g/mol. The van der Waals surface area contributed by atoms with Gasteiger partial charge in [-0.3, -0.25) is 0 Å². The maximum Gasteiger partial charge on any atom is 0.416 e. The molecule has 0 radical (unpaired) electrons. The Bertz CT molecular complexity index is 493. The van der Waals surface area contributed by atoms with Gasteiger partial charge < -0.3 is 5.32 Å². The van der Waals surface area contributed by atoms with Gasteiger partial charge >= 0.3 is 6.18 Å². The average molecular weight is 299 g/mol. The Morgan fingerprint density at radius 2 is 1.81 bits per heavy atom. The Balaban J connectivity index is 2.27. The largest absolute Gasteiger partial charge is 0.416 e. The summed E-state index contributed by atoms with van der Waals surface area (Å²) in [7, 11) is 0. The molecule has 1 aliphatic rings. The highest BCUT2D eigenvalue weighted by molar-refractivity contribution is 5.34. The summed E-state index contributed by atoms with van der Waals surface area (Å²) in [5.74, 6) is 0.571. The first-order chi connectivity index (χ1) is 9.52. The molecule has 21 heavy (non-hydrogen) atoms. The Morgan fingerprint density at radius 3 is 2.29 bits per heavy atom. The van der Waals surface area contributed by atoms with E-state index in [1.807, 2.05) is 6.07 Å². The number of halogens is 3. The molecule has 1 nitrogen and oxygen atoms in total. The van der Waals surface area contributed by atoms with E-state index in [-0.39, 0.29) is 11.0 Å². The molecule has 1 saturated carbocycles. The monoisotopic (exact) mass is 299 g/mol. The van der Waals surface area contributed by atoms with Crippen molar-refractivity contribution in [2.24, 2.45) is 5.92 Å². The van der Waals surface area contributed by atoms with Crippen LogP contribution in [0.25, 0.3) is 0 Å². The van der Waals surface area contributed by atoms with Gasteiger partial charge in [-0.2, -0.15) is 13.2 Å². The number of nitrogens with one attached hydrogen (secondary N) is 1. The van der Waals surface area contributed by atoms with E-state index in [0.29, 0.717) is 5.92 Å². The Hall–Kier alpha value is -1.03. The van der Waals surface area contributed by atoms with Crippen molar-refractivity contribution in [1.29, 1.82) is 0 Å². The molecule has 1 fully saturated rings. The molecule has 0 heterocycles. The maximum atomic E-state index is 12.9. The predicted octanol–water partition coefficient (Wildman–Crippen LogP) is 4.76. The zero-order chi connectivity index (χ0) is 15.9. The van der Waals surface area contributed by atoms with Gasteiger partial charge in [0.05, 0.1) is 5.56 Å². The Morgan fingerprint density at radius 1 is 1.19 bits per heavy atom. The van der Waals surface area contributed by atoms with Gasteiger partial charge in [0.15, 0.2) is 0 Å². The molecule has 118 valence electrons. The van der Waals surface area contributed by atoms with Crippen molar-refractivity contribution in [3.8, 4) is 0 Å². The maximum absolute atomic E-state index is 12.9. The van der Waals surface area contributed by atoms with E-state index in [2.05, 4.69) is 33.0 Å². The van der Waals surface area contributed by atoms with Crippen molar-refractivity contribution in [3.05, 3.63) is 35.4 Å². The van der Waals surface area contributed by atoms with E-state index in [4.69, 9.17) is 0 Å². The fourth-order valence-electron chi connectivity index (χ4n) is 3.22. The van der Waals surface area contributed by atoms with Crippen LogP contribution in [-0.2, 0) is 11.6 Å². The van der Waals surface area contributed by atoms with E-state index in [1.54, 1.807) is 0 Å². The average Bonchev–Trinajstić information content (AvgIpc) is 2.31. The smallest absolute Gasteiger partial charge is 0.311 e. The van der Waals surface area contributed by atoms with Crippen molar-refractivity contribution in [2.75, 3.05) is 6.54 Å². The third-order valence-corrected chi connectivity index (χ3v) is 4.24. The standard InChI is InChI=1S/C17H24F3N/c1-12-9-16(10-12,11-21-15(2,3)4)13-6-5-7-14(8-13)17(18,19)20/h5-8,12,21H,9-11H2,1-4H3. The Kier molecular flexibility index (Phi) is 4.13. The van der Waals surface area contributed by atoms with Gasteiger partial charge in [0.25, 0.3) is 0 Å².